The van der Waals surface area contributed by atoms with Gasteiger partial charge in [0.15, 0.2) is 0 Å². The lowest BCUT2D eigenvalue weighted by Gasteiger charge is -2.27. The Bertz CT molecular complexity index is 737. The monoisotopic (exact) mass is 396 g/mol. The molecule has 1 aromatic carbocycles. The van der Waals surface area contributed by atoms with Crippen LogP contribution >= 0.6 is 27.5 Å². The van der Waals surface area contributed by atoms with E-state index in [1.54, 1.807) is 13.0 Å². The standard InChI is InChI=1S/C16H14BrClN2O3/c1-2-22-16(21)14-12(7-18)23-15(20)11(8-19)13(14)9-4-3-5-10(17)6-9/h3-6,13H,2,7,20H2,1H3/t13-/m0/s1. The van der Waals surface area contributed by atoms with Crippen LogP contribution in [-0.2, 0) is 14.3 Å². The Balaban J connectivity index is 2.66. The van der Waals surface area contributed by atoms with Crippen molar-refractivity contribution in [1.82, 2.24) is 0 Å². The average Bonchev–Trinajstić information content (AvgIpc) is 2.53. The minimum absolute atomic E-state index is 0.0545. The summed E-state index contributed by atoms with van der Waals surface area (Å²) in [5.74, 6) is -1.17. The van der Waals surface area contributed by atoms with Gasteiger partial charge in [-0.3, -0.25) is 0 Å². The highest BCUT2D eigenvalue weighted by Gasteiger charge is 2.37. The second-order valence-electron chi connectivity index (χ2n) is 4.67. The number of halogens is 2. The number of alkyl halides is 1. The van der Waals surface area contributed by atoms with E-state index < -0.39 is 11.9 Å². The van der Waals surface area contributed by atoms with Gasteiger partial charge in [0.25, 0.3) is 0 Å². The highest BCUT2D eigenvalue weighted by molar-refractivity contribution is 9.10. The van der Waals surface area contributed by atoms with E-state index in [-0.39, 0.29) is 35.3 Å². The minimum Gasteiger partial charge on any atom is -0.463 e. The lowest BCUT2D eigenvalue weighted by molar-refractivity contribution is -0.139. The molecule has 0 radical (unpaired) electrons. The van der Waals surface area contributed by atoms with E-state index in [0.29, 0.717) is 5.56 Å². The fourth-order valence-corrected chi connectivity index (χ4v) is 2.98. The number of nitrogens with two attached hydrogens (primary N) is 1. The molecule has 1 heterocycles. The first kappa shape index (κ1) is 17.4. The quantitative estimate of drug-likeness (QED) is 0.622. The summed E-state index contributed by atoms with van der Waals surface area (Å²) in [7, 11) is 0. The van der Waals surface area contributed by atoms with Crippen molar-refractivity contribution in [3.63, 3.8) is 0 Å². The molecule has 120 valence electrons. The highest BCUT2D eigenvalue weighted by atomic mass is 79.9. The van der Waals surface area contributed by atoms with Crippen LogP contribution in [0.25, 0.3) is 0 Å². The zero-order valence-corrected chi connectivity index (χ0v) is 14.6. The lowest BCUT2D eigenvalue weighted by atomic mass is 9.83. The van der Waals surface area contributed by atoms with Gasteiger partial charge in [-0.2, -0.15) is 5.26 Å². The van der Waals surface area contributed by atoms with Crippen LogP contribution in [0, 0.1) is 11.3 Å². The topological polar surface area (TPSA) is 85.3 Å². The van der Waals surface area contributed by atoms with Gasteiger partial charge in [-0.15, -0.1) is 11.6 Å². The fourth-order valence-electron chi connectivity index (χ4n) is 2.37. The molecule has 2 rings (SSSR count). The van der Waals surface area contributed by atoms with Gasteiger partial charge in [0, 0.05) is 4.47 Å². The first-order chi connectivity index (χ1) is 11.0. The molecule has 1 atom stereocenters. The Kier molecular flexibility index (Phi) is 5.69. The van der Waals surface area contributed by atoms with Gasteiger partial charge in [-0.05, 0) is 24.6 Å². The van der Waals surface area contributed by atoms with Crippen LogP contribution < -0.4 is 5.73 Å². The number of hydrogen-bond acceptors (Lipinski definition) is 5. The number of ether oxygens (including phenoxy) is 2. The maximum atomic E-state index is 12.4. The number of carbonyl (C=O) groups is 1. The molecule has 7 heteroatoms. The SMILES string of the molecule is CCOC(=O)C1=C(CCl)OC(N)=C(C#N)[C@@H]1c1cccc(Br)c1. The van der Waals surface area contributed by atoms with Crippen LogP contribution in [-0.4, -0.2) is 18.5 Å². The number of nitrogens with zero attached hydrogens (tertiary/aromatic N) is 1. The maximum absolute atomic E-state index is 12.4. The molecule has 5 nitrogen and oxygen atoms in total. The van der Waals surface area contributed by atoms with Crippen molar-refractivity contribution in [2.75, 3.05) is 12.5 Å². The Hall–Kier alpha value is -1.97. The minimum atomic E-state index is -0.681. The van der Waals surface area contributed by atoms with E-state index in [9.17, 15) is 10.1 Å². The zero-order valence-electron chi connectivity index (χ0n) is 12.3. The summed E-state index contributed by atoms with van der Waals surface area (Å²) in [4.78, 5) is 12.4. The molecule has 1 aliphatic heterocycles. The summed E-state index contributed by atoms with van der Waals surface area (Å²) in [5, 5.41) is 9.46. The molecule has 0 amide bonds. The van der Waals surface area contributed by atoms with Gasteiger partial charge in [-0.25, -0.2) is 4.79 Å². The summed E-state index contributed by atoms with van der Waals surface area (Å²) in [6.07, 6.45) is 0. The molecule has 0 saturated carbocycles. The number of hydrogen-bond donors (Lipinski definition) is 1. The largest absolute Gasteiger partial charge is 0.463 e. The number of allylic oxidation sites excluding steroid dienone is 2. The molecule has 1 aliphatic rings. The Morgan fingerprint density at radius 3 is 2.87 bits per heavy atom. The third kappa shape index (κ3) is 3.52. The Morgan fingerprint density at radius 1 is 1.57 bits per heavy atom. The van der Waals surface area contributed by atoms with Crippen molar-refractivity contribution in [3.8, 4) is 6.07 Å². The highest BCUT2D eigenvalue weighted by Crippen LogP contribution is 2.40. The Morgan fingerprint density at radius 2 is 2.30 bits per heavy atom. The molecule has 2 N–H and O–H groups in total. The van der Waals surface area contributed by atoms with Crippen molar-refractivity contribution in [2.45, 2.75) is 12.8 Å². The lowest BCUT2D eigenvalue weighted by Crippen LogP contribution is -2.26. The first-order valence-electron chi connectivity index (χ1n) is 6.82. The third-order valence-electron chi connectivity index (χ3n) is 3.30. The molecule has 0 saturated heterocycles. The van der Waals surface area contributed by atoms with Gasteiger partial charge in [0.05, 0.1) is 24.0 Å². The van der Waals surface area contributed by atoms with Gasteiger partial charge in [-0.1, -0.05) is 28.1 Å². The van der Waals surface area contributed by atoms with Crippen LogP contribution in [0.2, 0.25) is 0 Å². The average molecular weight is 398 g/mol. The van der Waals surface area contributed by atoms with Crippen LogP contribution in [0.4, 0.5) is 0 Å². The van der Waals surface area contributed by atoms with Crippen LogP contribution in [0.15, 0.2) is 51.5 Å². The molecule has 1 aromatic rings. The third-order valence-corrected chi connectivity index (χ3v) is 4.03. The predicted molar refractivity (Wildman–Crippen MR) is 89.2 cm³/mol. The first-order valence-corrected chi connectivity index (χ1v) is 8.15. The molecule has 0 spiro atoms. The molecular formula is C16H14BrClN2O3. The summed E-state index contributed by atoms with van der Waals surface area (Å²) >= 11 is 9.28. The number of carbonyl (C=O) groups excluding carboxylic acids is 1. The van der Waals surface area contributed by atoms with Crippen molar-refractivity contribution in [2.24, 2.45) is 5.73 Å². The maximum Gasteiger partial charge on any atom is 0.338 e. The van der Waals surface area contributed by atoms with E-state index in [0.717, 1.165) is 4.47 Å². The summed E-state index contributed by atoms with van der Waals surface area (Å²) < 4.78 is 11.3. The number of nitriles is 1. The van der Waals surface area contributed by atoms with Gasteiger partial charge < -0.3 is 15.2 Å². The van der Waals surface area contributed by atoms with Crippen molar-refractivity contribution < 1.29 is 14.3 Å². The predicted octanol–water partition coefficient (Wildman–Crippen LogP) is 3.31. The van der Waals surface area contributed by atoms with Gasteiger partial charge >= 0.3 is 5.97 Å². The van der Waals surface area contributed by atoms with Gasteiger partial charge in [0.1, 0.15) is 17.4 Å². The van der Waals surface area contributed by atoms with E-state index in [1.807, 2.05) is 24.3 Å². The van der Waals surface area contributed by atoms with Crippen LogP contribution in [0.1, 0.15) is 18.4 Å². The van der Waals surface area contributed by atoms with Crippen molar-refractivity contribution >= 4 is 33.5 Å². The number of rotatable bonds is 4. The Labute approximate surface area is 147 Å². The van der Waals surface area contributed by atoms with Crippen LogP contribution in [0.3, 0.4) is 0 Å². The second kappa shape index (κ2) is 7.53. The van der Waals surface area contributed by atoms with E-state index >= 15 is 0 Å². The smallest absolute Gasteiger partial charge is 0.338 e. The van der Waals surface area contributed by atoms with Crippen LogP contribution in [0.5, 0.6) is 0 Å². The zero-order chi connectivity index (χ0) is 17.0. The molecule has 0 aromatic heterocycles. The van der Waals surface area contributed by atoms with Gasteiger partial charge in [0.2, 0.25) is 5.88 Å². The van der Waals surface area contributed by atoms with E-state index in [2.05, 4.69) is 15.9 Å². The number of benzene rings is 1. The molecule has 0 bridgehead atoms. The molecule has 23 heavy (non-hydrogen) atoms. The molecule has 0 aliphatic carbocycles. The molecule has 0 unspecified atom stereocenters. The number of esters is 1. The van der Waals surface area contributed by atoms with E-state index in [4.69, 9.17) is 26.8 Å². The molecule has 0 fully saturated rings. The van der Waals surface area contributed by atoms with E-state index in [1.165, 1.54) is 0 Å². The second-order valence-corrected chi connectivity index (χ2v) is 5.85. The van der Waals surface area contributed by atoms with Crippen molar-refractivity contribution in [3.05, 3.63) is 57.1 Å². The van der Waals surface area contributed by atoms with Crippen molar-refractivity contribution in [1.29, 1.82) is 5.26 Å². The fraction of sp³-hybridized carbons (Fsp3) is 0.250. The summed E-state index contributed by atoms with van der Waals surface area (Å²) in [6, 6.07) is 9.29. The molecular weight excluding hydrogens is 384 g/mol. The summed E-state index contributed by atoms with van der Waals surface area (Å²) in [5.41, 5.74) is 6.90. The normalized spacial score (nSPS) is 17.6. The summed E-state index contributed by atoms with van der Waals surface area (Å²) in [6.45, 7) is 1.90.